The molecule has 1 fully saturated rings. The van der Waals surface area contributed by atoms with Crippen molar-refractivity contribution in [1.82, 2.24) is 4.31 Å². The van der Waals surface area contributed by atoms with Crippen molar-refractivity contribution in [3.05, 3.63) is 29.6 Å². The van der Waals surface area contributed by atoms with Crippen LogP contribution in [-0.4, -0.2) is 43.1 Å². The minimum Gasteiger partial charge on any atom is -0.392 e. The molecule has 0 spiro atoms. The van der Waals surface area contributed by atoms with Gasteiger partial charge in [-0.25, -0.2) is 12.8 Å². The predicted octanol–water partition coefficient (Wildman–Crippen LogP) is 1.12. The van der Waals surface area contributed by atoms with Crippen LogP contribution >= 0.6 is 0 Å². The number of ether oxygens (including phenoxy) is 1. The second-order valence-electron chi connectivity index (χ2n) is 4.99. The summed E-state index contributed by atoms with van der Waals surface area (Å²) in [7, 11) is -3.94. The van der Waals surface area contributed by atoms with Gasteiger partial charge in [0.25, 0.3) is 0 Å². The highest BCUT2D eigenvalue weighted by atomic mass is 32.2. The predicted molar refractivity (Wildman–Crippen MR) is 71.1 cm³/mol. The van der Waals surface area contributed by atoms with Crippen LogP contribution in [0.4, 0.5) is 4.39 Å². The summed E-state index contributed by atoms with van der Waals surface area (Å²) in [4.78, 5) is -0.398. The number of hydrogen-bond acceptors (Lipinski definition) is 4. The van der Waals surface area contributed by atoms with E-state index in [1.165, 1.54) is 16.4 Å². The summed E-state index contributed by atoms with van der Waals surface area (Å²) in [6, 6.07) is 3.25. The number of hydrogen-bond donors (Lipinski definition) is 1. The molecule has 1 heterocycles. The van der Waals surface area contributed by atoms with E-state index in [9.17, 15) is 12.8 Å². The minimum absolute atomic E-state index is 0.187. The second-order valence-corrected chi connectivity index (χ2v) is 6.85. The van der Waals surface area contributed by atoms with Crippen molar-refractivity contribution in [3.8, 4) is 0 Å². The van der Waals surface area contributed by atoms with Crippen molar-refractivity contribution >= 4 is 10.0 Å². The molecule has 1 aliphatic heterocycles. The maximum absolute atomic E-state index is 13.9. The van der Waals surface area contributed by atoms with Crippen molar-refractivity contribution in [2.24, 2.45) is 0 Å². The van der Waals surface area contributed by atoms with E-state index in [4.69, 9.17) is 9.84 Å². The third kappa shape index (κ3) is 2.85. The Labute approximate surface area is 118 Å². The van der Waals surface area contributed by atoms with Gasteiger partial charge >= 0.3 is 0 Å². The minimum atomic E-state index is -3.94. The molecule has 2 unspecified atom stereocenters. The van der Waals surface area contributed by atoms with Crippen molar-refractivity contribution in [2.75, 3.05) is 13.2 Å². The third-order valence-corrected chi connectivity index (χ3v) is 5.31. The number of nitrogens with zero attached hydrogens (tertiary/aromatic N) is 1. The fraction of sp³-hybridized carbons (Fsp3) is 0.538. The Morgan fingerprint density at radius 1 is 1.45 bits per heavy atom. The van der Waals surface area contributed by atoms with Crippen LogP contribution in [0.25, 0.3) is 0 Å². The average molecular weight is 303 g/mol. The zero-order chi connectivity index (χ0) is 14.9. The van der Waals surface area contributed by atoms with Gasteiger partial charge in [0.1, 0.15) is 10.7 Å². The molecule has 7 heteroatoms. The van der Waals surface area contributed by atoms with Crippen LogP contribution in [0, 0.1) is 5.82 Å². The van der Waals surface area contributed by atoms with Crippen molar-refractivity contribution in [2.45, 2.75) is 37.5 Å². The highest BCUT2D eigenvalue weighted by Crippen LogP contribution is 2.25. The van der Waals surface area contributed by atoms with Gasteiger partial charge in [-0.05, 0) is 31.5 Å². The van der Waals surface area contributed by atoms with Gasteiger partial charge in [-0.3, -0.25) is 0 Å². The van der Waals surface area contributed by atoms with E-state index >= 15 is 0 Å². The molecule has 2 rings (SSSR count). The lowest BCUT2D eigenvalue weighted by molar-refractivity contribution is -0.0171. The first-order chi connectivity index (χ1) is 9.36. The second kappa shape index (κ2) is 5.77. The number of aliphatic hydroxyl groups excluding tert-OH is 1. The number of morpholine rings is 1. The van der Waals surface area contributed by atoms with Crippen LogP contribution in [0.5, 0.6) is 0 Å². The van der Waals surface area contributed by atoms with Crippen LogP contribution in [0.1, 0.15) is 19.4 Å². The number of aliphatic hydroxyl groups is 1. The fourth-order valence-electron chi connectivity index (χ4n) is 2.18. The molecule has 112 valence electrons. The lowest BCUT2D eigenvalue weighted by atomic mass is 10.2. The average Bonchev–Trinajstić information content (AvgIpc) is 2.41. The van der Waals surface area contributed by atoms with Gasteiger partial charge in [0, 0.05) is 12.6 Å². The SMILES string of the molecule is CC1CN(S(=O)(=O)c2cc(CO)ccc2F)C(C)CO1. The molecule has 20 heavy (non-hydrogen) atoms. The summed E-state index contributed by atoms with van der Waals surface area (Å²) in [5.41, 5.74) is 0.360. The molecule has 0 aliphatic carbocycles. The number of halogens is 1. The molecule has 1 N–H and O–H groups in total. The van der Waals surface area contributed by atoms with Crippen molar-refractivity contribution < 1.29 is 22.7 Å². The zero-order valence-corrected chi connectivity index (χ0v) is 12.2. The first kappa shape index (κ1) is 15.4. The Hall–Kier alpha value is -1.02. The van der Waals surface area contributed by atoms with E-state index in [1.54, 1.807) is 13.8 Å². The van der Waals surface area contributed by atoms with Gasteiger partial charge in [0.15, 0.2) is 0 Å². The molecule has 1 aromatic rings. The molecule has 1 saturated heterocycles. The van der Waals surface area contributed by atoms with E-state index in [0.29, 0.717) is 5.56 Å². The van der Waals surface area contributed by atoms with Gasteiger partial charge in [-0.15, -0.1) is 0 Å². The monoisotopic (exact) mass is 303 g/mol. The summed E-state index contributed by atoms with van der Waals surface area (Å²) < 4.78 is 45.7. The smallest absolute Gasteiger partial charge is 0.246 e. The van der Waals surface area contributed by atoms with Crippen LogP contribution in [0.15, 0.2) is 23.1 Å². The molecule has 1 aliphatic rings. The Balaban J connectivity index is 2.43. The Kier molecular flexibility index (Phi) is 4.43. The molecule has 0 aromatic heterocycles. The van der Waals surface area contributed by atoms with Crippen LogP contribution in [0.2, 0.25) is 0 Å². The van der Waals surface area contributed by atoms with Gasteiger partial charge in [0.2, 0.25) is 10.0 Å². The van der Waals surface area contributed by atoms with Gasteiger partial charge in [-0.1, -0.05) is 6.07 Å². The standard InChI is InChI=1S/C13H18FNO4S/c1-9-8-19-10(2)6-15(9)20(17,18)13-5-11(7-16)3-4-12(13)14/h3-5,9-10,16H,6-8H2,1-2H3. The molecule has 5 nitrogen and oxygen atoms in total. The zero-order valence-electron chi connectivity index (χ0n) is 11.4. The molecule has 0 radical (unpaired) electrons. The fourth-order valence-corrected chi connectivity index (χ4v) is 3.99. The van der Waals surface area contributed by atoms with E-state index < -0.39 is 20.7 Å². The molecule has 0 amide bonds. The van der Waals surface area contributed by atoms with Crippen LogP contribution < -0.4 is 0 Å². The molecule has 0 saturated carbocycles. The van der Waals surface area contributed by atoms with Crippen LogP contribution in [-0.2, 0) is 21.4 Å². The first-order valence-corrected chi connectivity index (χ1v) is 7.83. The quantitative estimate of drug-likeness (QED) is 0.908. The number of benzene rings is 1. The van der Waals surface area contributed by atoms with Gasteiger partial charge in [-0.2, -0.15) is 4.31 Å². The van der Waals surface area contributed by atoms with Gasteiger partial charge < -0.3 is 9.84 Å². The number of sulfonamides is 1. The first-order valence-electron chi connectivity index (χ1n) is 6.39. The maximum atomic E-state index is 13.9. The largest absolute Gasteiger partial charge is 0.392 e. The summed E-state index contributed by atoms with van der Waals surface area (Å²) in [5.74, 6) is -0.812. The Bertz CT molecular complexity index is 590. The molecule has 2 atom stereocenters. The van der Waals surface area contributed by atoms with E-state index in [2.05, 4.69) is 0 Å². The maximum Gasteiger partial charge on any atom is 0.246 e. The van der Waals surface area contributed by atoms with Gasteiger partial charge in [0.05, 0.1) is 19.3 Å². The highest BCUT2D eigenvalue weighted by Gasteiger charge is 2.35. The highest BCUT2D eigenvalue weighted by molar-refractivity contribution is 7.89. The van der Waals surface area contributed by atoms with Crippen LogP contribution in [0.3, 0.4) is 0 Å². The van der Waals surface area contributed by atoms with E-state index in [1.807, 2.05) is 0 Å². The molecule has 1 aromatic carbocycles. The normalized spacial score (nSPS) is 24.8. The molecule has 0 bridgehead atoms. The summed E-state index contributed by atoms with van der Waals surface area (Å²) in [5, 5.41) is 9.07. The summed E-state index contributed by atoms with van der Waals surface area (Å²) >= 11 is 0. The lowest BCUT2D eigenvalue weighted by Crippen LogP contribution is -2.50. The summed E-state index contributed by atoms with van der Waals surface area (Å²) in [6.45, 7) is 3.62. The van der Waals surface area contributed by atoms with E-state index in [-0.39, 0.29) is 31.9 Å². The molecular weight excluding hydrogens is 285 g/mol. The van der Waals surface area contributed by atoms with Crippen molar-refractivity contribution in [1.29, 1.82) is 0 Å². The van der Waals surface area contributed by atoms with E-state index in [0.717, 1.165) is 6.07 Å². The number of rotatable bonds is 3. The lowest BCUT2D eigenvalue weighted by Gasteiger charge is -2.35. The third-order valence-electron chi connectivity index (χ3n) is 3.32. The van der Waals surface area contributed by atoms with Crippen molar-refractivity contribution in [3.63, 3.8) is 0 Å². The topological polar surface area (TPSA) is 66.8 Å². The Morgan fingerprint density at radius 2 is 2.15 bits per heavy atom. The Morgan fingerprint density at radius 3 is 2.80 bits per heavy atom. The molecular formula is C13H18FNO4S. The summed E-state index contributed by atoms with van der Waals surface area (Å²) in [6.07, 6.45) is -0.231.